The highest BCUT2D eigenvalue weighted by molar-refractivity contribution is 7.99. The second-order valence-electron chi connectivity index (χ2n) is 9.81. The van der Waals surface area contributed by atoms with Gasteiger partial charge < -0.3 is 15.5 Å². The van der Waals surface area contributed by atoms with Gasteiger partial charge in [0.05, 0.1) is 16.6 Å². The molecule has 0 amide bonds. The van der Waals surface area contributed by atoms with E-state index in [1.165, 1.54) is 35.9 Å². The van der Waals surface area contributed by atoms with E-state index >= 15 is 0 Å². The summed E-state index contributed by atoms with van der Waals surface area (Å²) in [6, 6.07) is 3.14. The molecular formula is C24H27ClF3N7S2. The van der Waals surface area contributed by atoms with Crippen LogP contribution in [0.1, 0.15) is 50.1 Å². The maximum absolute atomic E-state index is 13.9. The Balaban J connectivity index is 1.25. The van der Waals surface area contributed by atoms with Crippen molar-refractivity contribution in [3.63, 3.8) is 0 Å². The maximum Gasteiger partial charge on any atom is 0.420 e. The van der Waals surface area contributed by atoms with Gasteiger partial charge in [0.2, 0.25) is 5.95 Å². The number of hydrogen-bond donors (Lipinski definition) is 2. The Bertz CT molecular complexity index is 1280. The Labute approximate surface area is 226 Å². The Morgan fingerprint density at radius 2 is 1.86 bits per heavy atom. The third-order valence-corrected chi connectivity index (χ3v) is 9.25. The lowest BCUT2D eigenvalue weighted by Crippen LogP contribution is -2.36. The Morgan fingerprint density at radius 3 is 2.51 bits per heavy atom. The molecule has 3 fully saturated rings. The molecule has 3 aliphatic rings. The number of likely N-dealkylation sites (tertiary alicyclic amines) is 1. The predicted octanol–water partition coefficient (Wildman–Crippen LogP) is 6.91. The molecule has 0 spiro atoms. The Hall–Kier alpha value is -2.02. The molecule has 0 aromatic carbocycles. The molecule has 3 aromatic heterocycles. The second kappa shape index (κ2) is 9.94. The number of nitrogens with one attached hydrogen (secondary N) is 2. The second-order valence-corrected chi connectivity index (χ2v) is 12.1. The van der Waals surface area contributed by atoms with Crippen LogP contribution in [-0.4, -0.2) is 56.1 Å². The van der Waals surface area contributed by atoms with Crippen LogP contribution in [0.25, 0.3) is 10.6 Å². The minimum Gasteiger partial charge on any atom is -0.373 e. The predicted molar refractivity (Wildman–Crippen MR) is 142 cm³/mol. The first-order valence-electron chi connectivity index (χ1n) is 12.4. The van der Waals surface area contributed by atoms with Gasteiger partial charge in [-0.15, -0.1) is 23.1 Å². The van der Waals surface area contributed by atoms with Crippen molar-refractivity contribution in [2.45, 2.75) is 67.7 Å². The number of hydrogen-bond acceptors (Lipinski definition) is 8. The fourth-order valence-electron chi connectivity index (χ4n) is 4.70. The van der Waals surface area contributed by atoms with Crippen molar-refractivity contribution in [2.75, 3.05) is 30.0 Å². The first-order chi connectivity index (χ1) is 17.8. The van der Waals surface area contributed by atoms with E-state index in [1.807, 2.05) is 10.9 Å². The molecule has 198 valence electrons. The van der Waals surface area contributed by atoms with Gasteiger partial charge in [-0.2, -0.15) is 18.3 Å². The van der Waals surface area contributed by atoms with Crippen LogP contribution in [0.4, 0.5) is 29.9 Å². The van der Waals surface area contributed by atoms with E-state index in [0.29, 0.717) is 21.8 Å². The molecule has 2 saturated carbocycles. The summed E-state index contributed by atoms with van der Waals surface area (Å²) in [5.74, 6) is 0.360. The Morgan fingerprint density at radius 1 is 1.11 bits per heavy atom. The fourth-order valence-corrected chi connectivity index (χ4v) is 6.84. The molecule has 0 radical (unpaired) electrons. The monoisotopic (exact) mass is 569 g/mol. The number of thiophene rings is 1. The first kappa shape index (κ1) is 25.3. The summed E-state index contributed by atoms with van der Waals surface area (Å²) < 4.78 is 43.6. The molecule has 4 heterocycles. The van der Waals surface area contributed by atoms with Gasteiger partial charge in [-0.1, -0.05) is 11.6 Å². The number of anilines is 3. The smallest absolute Gasteiger partial charge is 0.373 e. The highest BCUT2D eigenvalue weighted by atomic mass is 35.5. The molecule has 1 saturated heterocycles. The van der Waals surface area contributed by atoms with Gasteiger partial charge in [0.15, 0.2) is 5.82 Å². The summed E-state index contributed by atoms with van der Waals surface area (Å²) >= 11 is 9.24. The number of aromatic nitrogens is 4. The number of piperidine rings is 1. The largest absolute Gasteiger partial charge is 0.420 e. The molecule has 0 bridgehead atoms. The zero-order chi connectivity index (χ0) is 25.7. The van der Waals surface area contributed by atoms with Crippen LogP contribution in [0.3, 0.4) is 0 Å². The quantitative estimate of drug-likeness (QED) is 0.285. The van der Waals surface area contributed by atoms with E-state index in [9.17, 15) is 13.2 Å². The molecule has 7 nitrogen and oxygen atoms in total. The van der Waals surface area contributed by atoms with Crippen molar-refractivity contribution in [3.8, 4) is 10.6 Å². The van der Waals surface area contributed by atoms with Crippen LogP contribution >= 0.6 is 34.7 Å². The summed E-state index contributed by atoms with van der Waals surface area (Å²) in [6.45, 7) is 2.08. The standard InChI is InChI=1S/C24H27ClF3N7S2/c1-36-19-10-18(37-22(19)30-13-2-3-13)20-16(24(26,27)28)11-29-23(31-20)32-21-17(25)12-35(33-21)15-6-8-34(9-7-15)14-4-5-14/h10-15,30H,2-9H2,1H3,(H,29,31,32,33). The van der Waals surface area contributed by atoms with Gasteiger partial charge in [-0.25, -0.2) is 9.97 Å². The lowest BCUT2D eigenvalue weighted by Gasteiger charge is -2.31. The highest BCUT2D eigenvalue weighted by Gasteiger charge is 2.37. The lowest BCUT2D eigenvalue weighted by molar-refractivity contribution is -0.137. The first-order valence-corrected chi connectivity index (χ1v) is 14.8. The zero-order valence-corrected chi connectivity index (χ0v) is 22.6. The van der Waals surface area contributed by atoms with E-state index in [0.717, 1.165) is 60.9 Å². The van der Waals surface area contributed by atoms with Gasteiger partial charge in [0.25, 0.3) is 0 Å². The lowest BCUT2D eigenvalue weighted by atomic mass is 10.1. The SMILES string of the molecule is CSc1cc(-c2nc(Nc3nn(C4CCN(C5CC5)CC4)cc3Cl)ncc2C(F)(F)F)sc1NC1CC1. The van der Waals surface area contributed by atoms with Crippen molar-refractivity contribution in [2.24, 2.45) is 0 Å². The fraction of sp³-hybridized carbons (Fsp3) is 0.542. The van der Waals surface area contributed by atoms with E-state index in [2.05, 4.69) is 30.6 Å². The van der Waals surface area contributed by atoms with Crippen LogP contribution in [0.15, 0.2) is 23.4 Å². The molecule has 13 heteroatoms. The summed E-state index contributed by atoms with van der Waals surface area (Å²) in [5.41, 5.74) is -1.03. The highest BCUT2D eigenvalue weighted by Crippen LogP contribution is 2.45. The molecule has 2 aliphatic carbocycles. The molecule has 0 atom stereocenters. The summed E-state index contributed by atoms with van der Waals surface area (Å²) in [5, 5.41) is 12.2. The summed E-state index contributed by atoms with van der Waals surface area (Å²) in [6.07, 6.45) is 6.64. The number of thioether (sulfide) groups is 1. The van der Waals surface area contributed by atoms with Crippen LogP contribution in [0, 0.1) is 0 Å². The van der Waals surface area contributed by atoms with Crippen molar-refractivity contribution in [3.05, 3.63) is 29.0 Å². The van der Waals surface area contributed by atoms with Crippen molar-refractivity contribution in [1.29, 1.82) is 0 Å². The van der Waals surface area contributed by atoms with Gasteiger partial charge in [0.1, 0.15) is 15.6 Å². The zero-order valence-electron chi connectivity index (χ0n) is 20.2. The van der Waals surface area contributed by atoms with E-state index in [-0.39, 0.29) is 17.7 Å². The van der Waals surface area contributed by atoms with Crippen LogP contribution < -0.4 is 10.6 Å². The number of halogens is 4. The van der Waals surface area contributed by atoms with E-state index < -0.39 is 11.7 Å². The maximum atomic E-state index is 13.9. The minimum absolute atomic E-state index is 0.0227. The van der Waals surface area contributed by atoms with Crippen LogP contribution in [-0.2, 0) is 6.18 Å². The molecule has 37 heavy (non-hydrogen) atoms. The summed E-state index contributed by atoms with van der Waals surface area (Å²) in [7, 11) is 0. The van der Waals surface area contributed by atoms with Crippen molar-refractivity contribution in [1.82, 2.24) is 24.6 Å². The normalized spacial score (nSPS) is 19.4. The molecule has 2 N–H and O–H groups in total. The van der Waals surface area contributed by atoms with Crippen molar-refractivity contribution < 1.29 is 13.2 Å². The van der Waals surface area contributed by atoms with Crippen LogP contribution in [0.2, 0.25) is 5.02 Å². The van der Waals surface area contributed by atoms with Gasteiger partial charge in [-0.3, -0.25) is 4.68 Å². The average Bonchev–Trinajstić information content (AvgIpc) is 3.80. The molecule has 3 aromatic rings. The summed E-state index contributed by atoms with van der Waals surface area (Å²) in [4.78, 5) is 12.1. The minimum atomic E-state index is -4.59. The number of rotatable bonds is 8. The molecule has 6 rings (SSSR count). The van der Waals surface area contributed by atoms with Gasteiger partial charge >= 0.3 is 6.18 Å². The topological polar surface area (TPSA) is 70.9 Å². The molecule has 1 aliphatic heterocycles. The Kier molecular flexibility index (Phi) is 6.79. The van der Waals surface area contributed by atoms with Crippen LogP contribution in [0.5, 0.6) is 0 Å². The third kappa shape index (κ3) is 5.57. The average molecular weight is 570 g/mol. The number of alkyl halides is 3. The third-order valence-electron chi connectivity index (χ3n) is 7.01. The van der Waals surface area contributed by atoms with Gasteiger partial charge in [-0.05, 0) is 50.8 Å². The van der Waals surface area contributed by atoms with E-state index in [1.54, 1.807) is 12.3 Å². The van der Waals surface area contributed by atoms with E-state index in [4.69, 9.17) is 11.6 Å². The van der Waals surface area contributed by atoms with Gasteiger partial charge in [0, 0.05) is 42.5 Å². The molecule has 0 unspecified atom stereocenters. The number of nitrogens with zero attached hydrogens (tertiary/aromatic N) is 5. The van der Waals surface area contributed by atoms with Crippen molar-refractivity contribution >= 4 is 51.5 Å². The molecular weight excluding hydrogens is 543 g/mol.